The number of nitrogens with zero attached hydrogens (tertiary/aromatic N) is 1. The maximum atomic E-state index is 14.2. The summed E-state index contributed by atoms with van der Waals surface area (Å²) in [5.74, 6) is -2.17. The van der Waals surface area contributed by atoms with Crippen LogP contribution < -0.4 is 14.8 Å². The Kier molecular flexibility index (Phi) is 9.26. The summed E-state index contributed by atoms with van der Waals surface area (Å²) < 4.78 is 50.6. The average molecular weight is 625 g/mol. The second-order valence-corrected chi connectivity index (χ2v) is 13.4. The van der Waals surface area contributed by atoms with Gasteiger partial charge >= 0.3 is 5.97 Å². The van der Waals surface area contributed by atoms with Crippen LogP contribution in [0.4, 0.5) is 10.1 Å². The lowest BCUT2D eigenvalue weighted by Gasteiger charge is -2.27. The molecule has 9 nitrogen and oxygen atoms in total. The van der Waals surface area contributed by atoms with Gasteiger partial charge in [0.15, 0.2) is 21.3 Å². The zero-order valence-corrected chi connectivity index (χ0v) is 25.8. The van der Waals surface area contributed by atoms with Gasteiger partial charge < -0.3 is 19.9 Å². The summed E-state index contributed by atoms with van der Waals surface area (Å²) >= 11 is 0. The number of nitrogens with one attached hydrogen (secondary N) is 1. The Balaban J connectivity index is 1.52. The van der Waals surface area contributed by atoms with Gasteiger partial charge in [0.1, 0.15) is 19.0 Å². The molecule has 3 atom stereocenters. The van der Waals surface area contributed by atoms with Crippen molar-refractivity contribution in [3.63, 3.8) is 0 Å². The van der Waals surface area contributed by atoms with E-state index in [9.17, 15) is 27.5 Å². The highest BCUT2D eigenvalue weighted by molar-refractivity contribution is 7.91. The molecule has 1 saturated heterocycles. The number of anilines is 1. The molecule has 0 saturated carbocycles. The smallest absolute Gasteiger partial charge is 0.309 e. The first-order chi connectivity index (χ1) is 21.1. The Morgan fingerprint density at radius 2 is 1.55 bits per heavy atom. The molecule has 0 aliphatic carbocycles. The fourth-order valence-electron chi connectivity index (χ4n) is 6.26. The number of aliphatic carboxylic acids is 1. The van der Waals surface area contributed by atoms with Gasteiger partial charge in [-0.25, -0.2) is 12.8 Å². The molecule has 11 heteroatoms. The Bertz CT molecular complexity index is 1630. The van der Waals surface area contributed by atoms with Crippen LogP contribution in [0.2, 0.25) is 0 Å². The van der Waals surface area contributed by atoms with Gasteiger partial charge in [0, 0.05) is 24.2 Å². The van der Waals surface area contributed by atoms with E-state index in [0.29, 0.717) is 59.9 Å². The van der Waals surface area contributed by atoms with E-state index in [1.807, 2.05) is 24.8 Å². The first-order valence-electron chi connectivity index (χ1n) is 14.9. The minimum absolute atomic E-state index is 0.0606. The van der Waals surface area contributed by atoms with Crippen LogP contribution in [0.1, 0.15) is 55.0 Å². The van der Waals surface area contributed by atoms with Gasteiger partial charge in [-0.3, -0.25) is 14.5 Å². The van der Waals surface area contributed by atoms with Gasteiger partial charge in [-0.1, -0.05) is 39.0 Å². The molecule has 3 aromatic rings. The fourth-order valence-corrected chi connectivity index (χ4v) is 7.15. The fraction of sp³-hybridized carbons (Fsp3) is 0.394. The molecule has 0 radical (unpaired) electrons. The SMILES string of the molecule is CCc1cc(F)cc(CC)c1NC(=O)CN1C[C@H](c2ccc3c(c2)OCCO3)[C@@H](C(=O)O)[C@@H]1c1ccc(S(=O)(=O)CC)cc1. The Labute approximate surface area is 256 Å². The Morgan fingerprint density at radius 1 is 0.932 bits per heavy atom. The molecule has 44 heavy (non-hydrogen) atoms. The third-order valence-electron chi connectivity index (χ3n) is 8.48. The van der Waals surface area contributed by atoms with E-state index >= 15 is 0 Å². The van der Waals surface area contributed by atoms with Crippen LogP contribution in [0.25, 0.3) is 0 Å². The lowest BCUT2D eigenvalue weighted by atomic mass is 9.82. The molecule has 2 aliphatic heterocycles. The normalized spacial score (nSPS) is 20.0. The number of benzene rings is 3. The molecule has 0 aromatic heterocycles. The zero-order chi connectivity index (χ0) is 31.6. The van der Waals surface area contributed by atoms with Crippen molar-refractivity contribution < 1.29 is 37.0 Å². The standard InChI is InChI=1S/C33H37FN2O7S/c1-4-20-15-24(34)16-21(5-2)31(20)35-29(37)19-36-18-26(23-9-12-27-28(17-23)43-14-13-42-27)30(33(38)39)32(36)22-7-10-25(11-8-22)44(40,41)6-3/h7-12,15-17,26,30,32H,4-6,13-14,18-19H2,1-3H3,(H,35,37)(H,38,39)/t26-,30-,32+/m1/s1. The van der Waals surface area contributed by atoms with Gasteiger partial charge in [-0.15, -0.1) is 0 Å². The number of amides is 1. The summed E-state index contributed by atoms with van der Waals surface area (Å²) in [5.41, 5.74) is 3.26. The number of carbonyl (C=O) groups excluding carboxylic acids is 1. The van der Waals surface area contributed by atoms with Gasteiger partial charge in [-0.2, -0.15) is 0 Å². The van der Waals surface area contributed by atoms with E-state index in [0.717, 1.165) is 5.56 Å². The molecular formula is C33H37FN2O7S. The third-order valence-corrected chi connectivity index (χ3v) is 10.2. The van der Waals surface area contributed by atoms with Crippen molar-refractivity contribution in [1.29, 1.82) is 0 Å². The van der Waals surface area contributed by atoms with Crippen LogP contribution in [0.15, 0.2) is 59.5 Å². The number of carbonyl (C=O) groups is 2. The molecule has 3 aromatic carbocycles. The summed E-state index contributed by atoms with van der Waals surface area (Å²) in [4.78, 5) is 28.5. The minimum Gasteiger partial charge on any atom is -0.486 e. The topological polar surface area (TPSA) is 122 Å². The van der Waals surface area contributed by atoms with Crippen molar-refractivity contribution in [1.82, 2.24) is 4.90 Å². The van der Waals surface area contributed by atoms with E-state index in [1.165, 1.54) is 24.3 Å². The van der Waals surface area contributed by atoms with Crippen LogP contribution in [-0.2, 0) is 32.3 Å². The lowest BCUT2D eigenvalue weighted by Crippen LogP contribution is -2.35. The van der Waals surface area contributed by atoms with Crippen LogP contribution in [0, 0.1) is 11.7 Å². The number of hydrogen-bond donors (Lipinski definition) is 2. The molecule has 2 heterocycles. The van der Waals surface area contributed by atoms with Crippen LogP contribution >= 0.6 is 0 Å². The summed E-state index contributed by atoms with van der Waals surface area (Å²) in [6.07, 6.45) is 1.04. The number of hydrogen-bond acceptors (Lipinski definition) is 7. The van der Waals surface area contributed by atoms with Crippen molar-refractivity contribution >= 4 is 27.4 Å². The average Bonchev–Trinajstić information content (AvgIpc) is 3.40. The molecule has 2 aliphatic rings. The number of carboxylic acid groups (broad SMARTS) is 1. The quantitative estimate of drug-likeness (QED) is 0.324. The number of halogens is 1. The van der Waals surface area contributed by atoms with Crippen LogP contribution in [0.5, 0.6) is 11.5 Å². The largest absolute Gasteiger partial charge is 0.486 e. The highest BCUT2D eigenvalue weighted by atomic mass is 32.2. The molecule has 1 fully saturated rings. The molecule has 1 amide bonds. The molecule has 0 unspecified atom stereocenters. The van der Waals surface area contributed by atoms with Crippen LogP contribution in [0.3, 0.4) is 0 Å². The number of aryl methyl sites for hydroxylation is 2. The Morgan fingerprint density at radius 3 is 2.14 bits per heavy atom. The number of sulfone groups is 1. The number of carboxylic acids is 1. The van der Waals surface area contributed by atoms with E-state index in [4.69, 9.17) is 9.47 Å². The molecule has 0 bridgehead atoms. The van der Waals surface area contributed by atoms with E-state index in [2.05, 4.69) is 5.32 Å². The Hall–Kier alpha value is -3.96. The summed E-state index contributed by atoms with van der Waals surface area (Å²) in [5, 5.41) is 13.5. The first kappa shape index (κ1) is 31.5. The van der Waals surface area contributed by atoms with Crippen LogP contribution in [-0.4, -0.2) is 62.4 Å². The summed E-state index contributed by atoms with van der Waals surface area (Å²) in [6.45, 7) is 6.26. The highest BCUT2D eigenvalue weighted by Crippen LogP contribution is 2.47. The molecule has 234 valence electrons. The monoisotopic (exact) mass is 624 g/mol. The van der Waals surface area contributed by atoms with E-state index in [-0.39, 0.29) is 35.5 Å². The molecule has 5 rings (SSSR count). The van der Waals surface area contributed by atoms with Crippen molar-refractivity contribution in [3.8, 4) is 11.5 Å². The second-order valence-electron chi connectivity index (χ2n) is 11.1. The third kappa shape index (κ3) is 6.30. The van der Waals surface area contributed by atoms with Crippen molar-refractivity contribution in [2.45, 2.75) is 50.5 Å². The number of ether oxygens (including phenoxy) is 2. The molecule has 2 N–H and O–H groups in total. The predicted molar refractivity (Wildman–Crippen MR) is 164 cm³/mol. The molecular weight excluding hydrogens is 587 g/mol. The second kappa shape index (κ2) is 13.0. The number of rotatable bonds is 10. The maximum absolute atomic E-state index is 14.2. The summed E-state index contributed by atoms with van der Waals surface area (Å²) in [6, 6.07) is 13.7. The van der Waals surface area contributed by atoms with E-state index in [1.54, 1.807) is 31.2 Å². The number of likely N-dealkylation sites (tertiary alicyclic amines) is 1. The van der Waals surface area contributed by atoms with Gasteiger partial charge in [0.25, 0.3) is 0 Å². The van der Waals surface area contributed by atoms with E-state index < -0.39 is 33.7 Å². The molecule has 0 spiro atoms. The predicted octanol–water partition coefficient (Wildman–Crippen LogP) is 5.00. The first-order valence-corrected chi connectivity index (χ1v) is 16.5. The van der Waals surface area contributed by atoms with Crippen molar-refractivity contribution in [2.24, 2.45) is 5.92 Å². The summed E-state index contributed by atoms with van der Waals surface area (Å²) in [7, 11) is -3.46. The van der Waals surface area contributed by atoms with Gasteiger partial charge in [-0.05, 0) is 71.5 Å². The minimum atomic E-state index is -3.46. The lowest BCUT2D eigenvalue weighted by molar-refractivity contribution is -0.143. The zero-order valence-electron chi connectivity index (χ0n) is 25.0. The van der Waals surface area contributed by atoms with Crippen molar-refractivity contribution in [3.05, 3.63) is 82.7 Å². The number of fused-ring (bicyclic) bond motifs is 1. The van der Waals surface area contributed by atoms with Gasteiger partial charge in [0.05, 0.1) is 23.1 Å². The highest BCUT2D eigenvalue weighted by Gasteiger charge is 2.48. The van der Waals surface area contributed by atoms with Gasteiger partial charge in [0.2, 0.25) is 5.91 Å². The maximum Gasteiger partial charge on any atom is 0.309 e. The van der Waals surface area contributed by atoms with Crippen molar-refractivity contribution in [2.75, 3.05) is 37.4 Å².